The van der Waals surface area contributed by atoms with Gasteiger partial charge in [-0.3, -0.25) is 4.79 Å². The van der Waals surface area contributed by atoms with E-state index in [0.29, 0.717) is 5.92 Å². The molecule has 0 saturated heterocycles. The highest BCUT2D eigenvalue weighted by molar-refractivity contribution is 8.04. The third-order valence-electron chi connectivity index (χ3n) is 2.90. The lowest BCUT2D eigenvalue weighted by Crippen LogP contribution is -2.34. The van der Waals surface area contributed by atoms with Gasteiger partial charge in [-0.05, 0) is 42.4 Å². The van der Waals surface area contributed by atoms with Crippen molar-refractivity contribution < 1.29 is 9.53 Å². The summed E-state index contributed by atoms with van der Waals surface area (Å²) in [5, 5.41) is 10.2. The van der Waals surface area contributed by atoms with Gasteiger partial charge in [-0.2, -0.15) is 5.26 Å². The summed E-state index contributed by atoms with van der Waals surface area (Å²) in [6.45, 7) is 6.63. The molecule has 4 heteroatoms. The molecular formula is C12H19NO2S. The lowest BCUT2D eigenvalue weighted by Gasteiger charge is -2.38. The van der Waals surface area contributed by atoms with Crippen LogP contribution >= 0.6 is 11.8 Å². The quantitative estimate of drug-likeness (QED) is 0.563. The average Bonchev–Trinajstić information content (AvgIpc) is 2.11. The molecule has 1 rings (SSSR count). The Kier molecular flexibility index (Phi) is 4.67. The molecular weight excluding hydrogens is 222 g/mol. The topological polar surface area (TPSA) is 50.1 Å². The van der Waals surface area contributed by atoms with Gasteiger partial charge in [0.05, 0.1) is 0 Å². The van der Waals surface area contributed by atoms with Crippen LogP contribution in [-0.2, 0) is 9.53 Å². The summed E-state index contributed by atoms with van der Waals surface area (Å²) < 4.78 is 5.39. The fourth-order valence-electron chi connectivity index (χ4n) is 2.66. The van der Waals surface area contributed by atoms with Gasteiger partial charge in [-0.25, -0.2) is 0 Å². The van der Waals surface area contributed by atoms with Crippen LogP contribution in [0.1, 0.15) is 40.0 Å². The second-order valence-corrected chi connectivity index (χ2v) is 6.17. The molecule has 0 spiro atoms. The van der Waals surface area contributed by atoms with Crippen molar-refractivity contribution in [3.05, 3.63) is 0 Å². The molecule has 0 amide bonds. The average molecular weight is 241 g/mol. The number of carbonyl (C=O) groups excluding carboxylic acids is 1. The normalized spacial score (nSPS) is 28.1. The summed E-state index contributed by atoms with van der Waals surface area (Å²) in [4.78, 5) is 11.4. The molecule has 90 valence electrons. The number of rotatable bonds is 3. The molecule has 0 aliphatic heterocycles. The van der Waals surface area contributed by atoms with Crippen LogP contribution < -0.4 is 0 Å². The predicted molar refractivity (Wildman–Crippen MR) is 64.7 cm³/mol. The molecule has 1 aliphatic rings. The summed E-state index contributed by atoms with van der Waals surface area (Å²) in [6, 6.07) is 0. The number of esters is 1. The van der Waals surface area contributed by atoms with E-state index in [-0.39, 0.29) is 23.2 Å². The fraction of sp³-hybridized carbons (Fsp3) is 0.833. The second kappa shape index (κ2) is 5.58. The molecule has 3 nitrogen and oxygen atoms in total. The van der Waals surface area contributed by atoms with E-state index >= 15 is 0 Å². The van der Waals surface area contributed by atoms with Crippen molar-refractivity contribution in [2.45, 2.75) is 46.1 Å². The molecule has 2 atom stereocenters. The Labute approximate surface area is 102 Å². The number of nitriles is 1. The van der Waals surface area contributed by atoms with Crippen molar-refractivity contribution in [2.75, 3.05) is 5.75 Å². The van der Waals surface area contributed by atoms with Crippen LogP contribution in [-0.4, -0.2) is 17.8 Å². The molecule has 0 aromatic heterocycles. The zero-order valence-electron chi connectivity index (χ0n) is 10.2. The van der Waals surface area contributed by atoms with Crippen molar-refractivity contribution in [1.29, 1.82) is 5.26 Å². The van der Waals surface area contributed by atoms with E-state index in [1.54, 1.807) is 0 Å². The highest BCUT2D eigenvalue weighted by Crippen LogP contribution is 2.39. The first kappa shape index (κ1) is 13.4. The van der Waals surface area contributed by atoms with Crippen LogP contribution in [0.4, 0.5) is 0 Å². The molecule has 0 aromatic rings. The summed E-state index contributed by atoms with van der Waals surface area (Å²) in [5.74, 6) is 0.480. The van der Waals surface area contributed by atoms with Crippen molar-refractivity contribution in [1.82, 2.24) is 0 Å². The Morgan fingerprint density at radius 3 is 2.81 bits per heavy atom. The summed E-state index contributed by atoms with van der Waals surface area (Å²) in [6.07, 6.45) is 3.10. The molecule has 16 heavy (non-hydrogen) atoms. The summed E-state index contributed by atoms with van der Waals surface area (Å²) in [7, 11) is 0. The number of carbonyl (C=O) groups is 1. The highest BCUT2D eigenvalue weighted by atomic mass is 32.2. The number of nitrogens with zero attached hydrogens (tertiary/aromatic N) is 1. The Bertz CT molecular complexity index is 296. The van der Waals surface area contributed by atoms with Gasteiger partial charge in [0, 0.05) is 0 Å². The molecule has 1 saturated carbocycles. The van der Waals surface area contributed by atoms with E-state index in [4.69, 9.17) is 10.00 Å². The van der Waals surface area contributed by atoms with E-state index in [0.717, 1.165) is 24.6 Å². The van der Waals surface area contributed by atoms with Gasteiger partial charge in [0.2, 0.25) is 0 Å². The molecule has 0 radical (unpaired) electrons. The van der Waals surface area contributed by atoms with Gasteiger partial charge >= 0.3 is 5.97 Å². The number of thiocyanates is 1. The van der Waals surface area contributed by atoms with Gasteiger partial charge in [0.1, 0.15) is 17.3 Å². The summed E-state index contributed by atoms with van der Waals surface area (Å²) >= 11 is 0.936. The Balaban J connectivity index is 2.42. The van der Waals surface area contributed by atoms with Crippen LogP contribution in [0.15, 0.2) is 0 Å². The largest absolute Gasteiger partial charge is 0.462 e. The standard InChI is InChI=1S/C12H19NO2S/c1-9-4-10(6-12(2,3)5-9)15-11(14)7-16-8-13/h9-10H,4-7H2,1-3H3/t9-,10-/m0/s1. The SMILES string of the molecule is C[C@H]1C[C@H](OC(=O)CSC#N)CC(C)(C)C1. The Morgan fingerprint density at radius 2 is 2.25 bits per heavy atom. The number of hydrogen-bond donors (Lipinski definition) is 0. The minimum absolute atomic E-state index is 0.0329. The van der Waals surface area contributed by atoms with E-state index in [2.05, 4.69) is 20.8 Å². The number of hydrogen-bond acceptors (Lipinski definition) is 4. The molecule has 0 unspecified atom stereocenters. The fourth-order valence-corrected chi connectivity index (χ4v) is 2.91. The summed E-state index contributed by atoms with van der Waals surface area (Å²) in [5.41, 5.74) is 0.255. The molecule has 0 heterocycles. The maximum atomic E-state index is 11.4. The van der Waals surface area contributed by atoms with Crippen molar-refractivity contribution >= 4 is 17.7 Å². The zero-order valence-corrected chi connectivity index (χ0v) is 11.0. The third kappa shape index (κ3) is 4.44. The van der Waals surface area contributed by atoms with E-state index in [1.807, 2.05) is 5.40 Å². The Hall–Kier alpha value is -0.690. The van der Waals surface area contributed by atoms with Crippen LogP contribution in [0.25, 0.3) is 0 Å². The molecule has 0 aromatic carbocycles. The molecule has 0 N–H and O–H groups in total. The third-order valence-corrected chi connectivity index (χ3v) is 3.41. The molecule has 1 fully saturated rings. The number of thioether (sulfide) groups is 1. The maximum Gasteiger partial charge on any atom is 0.317 e. The van der Waals surface area contributed by atoms with Gasteiger partial charge in [-0.1, -0.05) is 20.8 Å². The van der Waals surface area contributed by atoms with Crippen molar-refractivity contribution in [2.24, 2.45) is 11.3 Å². The van der Waals surface area contributed by atoms with Crippen molar-refractivity contribution in [3.63, 3.8) is 0 Å². The minimum atomic E-state index is -0.263. The Morgan fingerprint density at radius 1 is 1.56 bits per heavy atom. The van der Waals surface area contributed by atoms with E-state index in [9.17, 15) is 4.79 Å². The second-order valence-electron chi connectivity index (χ2n) is 5.41. The van der Waals surface area contributed by atoms with Gasteiger partial charge in [0.15, 0.2) is 0 Å². The van der Waals surface area contributed by atoms with Crippen molar-refractivity contribution in [3.8, 4) is 5.40 Å². The lowest BCUT2D eigenvalue weighted by atomic mass is 9.71. The number of ether oxygens (including phenoxy) is 1. The minimum Gasteiger partial charge on any atom is -0.462 e. The van der Waals surface area contributed by atoms with Crippen LogP contribution in [0, 0.1) is 22.0 Å². The first-order chi connectivity index (χ1) is 7.43. The highest BCUT2D eigenvalue weighted by Gasteiger charge is 2.33. The maximum absolute atomic E-state index is 11.4. The first-order valence-electron chi connectivity index (χ1n) is 5.63. The zero-order chi connectivity index (χ0) is 12.2. The van der Waals surface area contributed by atoms with E-state index in [1.165, 1.54) is 6.42 Å². The van der Waals surface area contributed by atoms with Crippen LogP contribution in [0.2, 0.25) is 0 Å². The first-order valence-corrected chi connectivity index (χ1v) is 6.62. The molecule has 1 aliphatic carbocycles. The molecule has 0 bridgehead atoms. The van der Waals surface area contributed by atoms with E-state index < -0.39 is 0 Å². The van der Waals surface area contributed by atoms with Gasteiger partial charge in [-0.15, -0.1) is 0 Å². The predicted octanol–water partition coefficient (Wildman–Crippen LogP) is 2.96. The van der Waals surface area contributed by atoms with Crippen LogP contribution in [0.3, 0.4) is 0 Å². The van der Waals surface area contributed by atoms with Gasteiger partial charge < -0.3 is 4.74 Å². The van der Waals surface area contributed by atoms with Gasteiger partial charge in [0.25, 0.3) is 0 Å². The monoisotopic (exact) mass is 241 g/mol. The lowest BCUT2D eigenvalue weighted by molar-refractivity contribution is -0.150. The smallest absolute Gasteiger partial charge is 0.317 e. The van der Waals surface area contributed by atoms with Crippen LogP contribution in [0.5, 0.6) is 0 Å².